The number of carbonyl (C=O) groups excluding carboxylic acids is 4. The van der Waals surface area contributed by atoms with Gasteiger partial charge in [0, 0.05) is 16.7 Å². The van der Waals surface area contributed by atoms with Crippen LogP contribution in [0, 0.1) is 0 Å². The molecule has 0 fully saturated rings. The topological polar surface area (TPSA) is 92.3 Å². The van der Waals surface area contributed by atoms with Crippen molar-refractivity contribution in [3.05, 3.63) is 94.5 Å². The maximum Gasteiger partial charge on any atom is 0.378 e. The largest absolute Gasteiger partial charge is 0.378 e. The molecule has 2 amide bonds. The van der Waals surface area contributed by atoms with Gasteiger partial charge in [-0.3, -0.25) is 19.2 Å². The number of amides is 2. The first-order valence-corrected chi connectivity index (χ1v) is 12.9. The number of ketones is 2. The molecule has 1 aliphatic rings. The van der Waals surface area contributed by atoms with Gasteiger partial charge in [-0.05, 0) is 35.9 Å². The molecule has 2 atom stereocenters. The standard InChI is InChI=1S/C27H13Cl3F8N2O4/c28-24(33,26(35,36)25(29,34)27(30,37)38)23(31,32)22(44)40-16-11-10-15(39-21(43)12-6-2-1-3-7-12)17-18(16)20(42)14-9-5-4-8-13(14)19(17)41/h1-11H,(H,39,43)(H,40,44). The van der Waals surface area contributed by atoms with E-state index in [0.29, 0.717) is 6.07 Å². The van der Waals surface area contributed by atoms with Gasteiger partial charge in [0.05, 0.1) is 22.5 Å². The summed E-state index contributed by atoms with van der Waals surface area (Å²) in [5.41, 5.74) is -3.29. The normalized spacial score (nSPS) is 16.2. The minimum absolute atomic E-state index is 0.0846. The highest BCUT2D eigenvalue weighted by Crippen LogP contribution is 2.60. The fourth-order valence-corrected chi connectivity index (χ4v) is 4.64. The Hall–Kier alpha value is -3.75. The lowest BCUT2D eigenvalue weighted by molar-refractivity contribution is -0.258. The average molecular weight is 688 g/mol. The van der Waals surface area contributed by atoms with Gasteiger partial charge in [-0.15, -0.1) is 0 Å². The monoisotopic (exact) mass is 686 g/mol. The third-order valence-corrected chi connectivity index (χ3v) is 7.74. The molecule has 232 valence electrons. The van der Waals surface area contributed by atoms with Crippen LogP contribution in [-0.2, 0) is 4.79 Å². The molecule has 2 unspecified atom stereocenters. The van der Waals surface area contributed by atoms with Gasteiger partial charge < -0.3 is 10.6 Å². The maximum atomic E-state index is 14.9. The minimum atomic E-state index is -6.75. The predicted molar refractivity (Wildman–Crippen MR) is 143 cm³/mol. The van der Waals surface area contributed by atoms with Crippen molar-refractivity contribution in [2.45, 2.75) is 27.5 Å². The van der Waals surface area contributed by atoms with Gasteiger partial charge in [-0.1, -0.05) is 65.7 Å². The van der Waals surface area contributed by atoms with Gasteiger partial charge in [-0.25, -0.2) is 8.78 Å². The third-order valence-electron chi connectivity index (χ3n) is 6.43. The van der Waals surface area contributed by atoms with E-state index in [2.05, 4.69) is 40.1 Å². The van der Waals surface area contributed by atoms with Crippen molar-refractivity contribution in [3.63, 3.8) is 0 Å². The van der Waals surface area contributed by atoms with Crippen LogP contribution in [0.3, 0.4) is 0 Å². The molecule has 1 aliphatic carbocycles. The van der Waals surface area contributed by atoms with Crippen LogP contribution in [-0.4, -0.2) is 50.9 Å². The fourth-order valence-electron chi connectivity index (χ4n) is 4.13. The fraction of sp³-hybridized carbons (Fsp3) is 0.185. The van der Waals surface area contributed by atoms with E-state index in [-0.39, 0.29) is 22.4 Å². The number of fused-ring (bicyclic) bond motifs is 2. The van der Waals surface area contributed by atoms with Crippen molar-refractivity contribution in [3.8, 4) is 0 Å². The molecule has 0 aliphatic heterocycles. The summed E-state index contributed by atoms with van der Waals surface area (Å²) in [7, 11) is 0. The number of alkyl halides is 11. The molecule has 0 spiro atoms. The van der Waals surface area contributed by atoms with Crippen molar-refractivity contribution in [2.75, 3.05) is 10.6 Å². The van der Waals surface area contributed by atoms with Crippen LogP contribution in [0.25, 0.3) is 0 Å². The first-order valence-electron chi connectivity index (χ1n) is 11.8. The number of anilines is 2. The molecular formula is C27H13Cl3F8N2O4. The molecule has 44 heavy (non-hydrogen) atoms. The Morgan fingerprint density at radius 3 is 1.48 bits per heavy atom. The van der Waals surface area contributed by atoms with E-state index in [1.807, 2.05) is 0 Å². The number of hydrogen-bond donors (Lipinski definition) is 2. The van der Waals surface area contributed by atoms with Gasteiger partial charge in [-0.2, -0.15) is 26.3 Å². The second-order valence-corrected chi connectivity index (χ2v) is 10.7. The second-order valence-electron chi connectivity index (χ2n) is 9.18. The van der Waals surface area contributed by atoms with Gasteiger partial charge in [0.1, 0.15) is 0 Å². The molecule has 17 heteroatoms. The number of hydrogen-bond acceptors (Lipinski definition) is 4. The molecule has 0 aromatic heterocycles. The maximum absolute atomic E-state index is 14.9. The zero-order chi connectivity index (χ0) is 33.0. The molecule has 0 saturated carbocycles. The summed E-state index contributed by atoms with van der Waals surface area (Å²) in [5, 5.41) is -14.6. The molecular weight excluding hydrogens is 675 g/mol. The molecule has 0 saturated heterocycles. The molecule has 0 radical (unpaired) electrons. The first kappa shape index (κ1) is 33.1. The van der Waals surface area contributed by atoms with Crippen molar-refractivity contribution < 1.29 is 54.3 Å². The van der Waals surface area contributed by atoms with Crippen LogP contribution in [0.15, 0.2) is 66.7 Å². The highest BCUT2D eigenvalue weighted by Gasteiger charge is 2.84. The van der Waals surface area contributed by atoms with E-state index < -0.39 is 67.7 Å². The Morgan fingerprint density at radius 2 is 1.02 bits per heavy atom. The lowest BCUT2D eigenvalue weighted by Crippen LogP contribution is -2.67. The van der Waals surface area contributed by atoms with E-state index in [9.17, 15) is 54.3 Å². The molecule has 4 rings (SSSR count). The average Bonchev–Trinajstić information content (AvgIpc) is 2.95. The summed E-state index contributed by atoms with van der Waals surface area (Å²) in [6.07, 6.45) is 0. The second kappa shape index (κ2) is 11.0. The Balaban J connectivity index is 1.80. The number of rotatable bonds is 8. The van der Waals surface area contributed by atoms with Crippen LogP contribution in [0.1, 0.15) is 42.2 Å². The van der Waals surface area contributed by atoms with Crippen molar-refractivity contribution >= 4 is 69.6 Å². The van der Waals surface area contributed by atoms with E-state index in [4.69, 9.17) is 0 Å². The summed E-state index contributed by atoms with van der Waals surface area (Å²) in [5.74, 6) is -19.0. The van der Waals surface area contributed by atoms with Crippen LogP contribution in [0.4, 0.5) is 46.5 Å². The molecule has 0 bridgehead atoms. The molecule has 0 heterocycles. The van der Waals surface area contributed by atoms with Crippen molar-refractivity contribution in [1.29, 1.82) is 0 Å². The SMILES string of the molecule is O=C(Nc1ccc(NC(=O)C(F)(F)C(F)(Cl)C(F)(F)C(F)(Cl)C(F)(F)Cl)c2c1C(=O)c1ccccc1C2=O)c1ccccc1. The molecule has 3 aromatic rings. The Kier molecular flexibility index (Phi) is 8.29. The summed E-state index contributed by atoms with van der Waals surface area (Å²) in [6.45, 7) is 0. The lowest BCUT2D eigenvalue weighted by atomic mass is 9.82. The van der Waals surface area contributed by atoms with E-state index in [0.717, 1.165) is 12.1 Å². The smallest absolute Gasteiger partial charge is 0.321 e. The Labute approximate surface area is 256 Å². The minimum Gasteiger partial charge on any atom is -0.321 e. The number of nitrogens with one attached hydrogen (secondary N) is 2. The highest BCUT2D eigenvalue weighted by atomic mass is 35.5. The Morgan fingerprint density at radius 1 is 0.591 bits per heavy atom. The molecule has 6 nitrogen and oxygen atoms in total. The number of carbonyl (C=O) groups is 4. The predicted octanol–water partition coefficient (Wildman–Crippen LogP) is 7.56. The van der Waals surface area contributed by atoms with Crippen LogP contribution in [0.2, 0.25) is 0 Å². The van der Waals surface area contributed by atoms with E-state index in [1.165, 1.54) is 47.8 Å². The van der Waals surface area contributed by atoms with Gasteiger partial charge in [0.2, 0.25) is 0 Å². The number of halogens is 11. The zero-order valence-corrected chi connectivity index (χ0v) is 23.4. The van der Waals surface area contributed by atoms with Gasteiger partial charge >= 0.3 is 27.5 Å². The molecule has 2 N–H and O–H groups in total. The number of benzene rings is 3. The summed E-state index contributed by atoms with van der Waals surface area (Å²) >= 11 is 13.0. The summed E-state index contributed by atoms with van der Waals surface area (Å²) < 4.78 is 114. The zero-order valence-electron chi connectivity index (χ0n) is 21.1. The highest BCUT2D eigenvalue weighted by molar-refractivity contribution is 6.35. The molecule has 3 aromatic carbocycles. The lowest BCUT2D eigenvalue weighted by Gasteiger charge is -2.39. The van der Waals surface area contributed by atoms with Crippen LogP contribution < -0.4 is 10.6 Å². The van der Waals surface area contributed by atoms with Crippen molar-refractivity contribution in [1.82, 2.24) is 0 Å². The van der Waals surface area contributed by atoms with Gasteiger partial charge in [0.25, 0.3) is 11.8 Å². The van der Waals surface area contributed by atoms with Crippen LogP contribution in [0.5, 0.6) is 0 Å². The first-order chi connectivity index (χ1) is 20.2. The van der Waals surface area contributed by atoms with Crippen LogP contribution >= 0.6 is 34.8 Å². The quantitative estimate of drug-likeness (QED) is 0.148. The Bertz CT molecular complexity index is 1700. The van der Waals surface area contributed by atoms with Gasteiger partial charge in [0.15, 0.2) is 11.6 Å². The van der Waals surface area contributed by atoms with E-state index in [1.54, 1.807) is 6.07 Å². The third kappa shape index (κ3) is 5.08. The summed E-state index contributed by atoms with van der Waals surface area (Å²) in [4.78, 5) is 52.1. The van der Waals surface area contributed by atoms with E-state index >= 15 is 0 Å². The van der Waals surface area contributed by atoms with Crippen molar-refractivity contribution in [2.24, 2.45) is 0 Å². The summed E-state index contributed by atoms with van der Waals surface area (Å²) in [6, 6.07) is 14.0.